The molecule has 4 fully saturated rings. The number of hydrogen-bond donors (Lipinski definition) is 0. The predicted octanol–water partition coefficient (Wildman–Crippen LogP) is 6.22. The molecule has 6 unspecified atom stereocenters. The van der Waals surface area contributed by atoms with E-state index in [-0.39, 0.29) is 28.0 Å². The number of ether oxygens (including phenoxy) is 1. The highest BCUT2D eigenvalue weighted by Gasteiger charge is 2.67. The highest BCUT2D eigenvalue weighted by molar-refractivity contribution is 6.07. The Hall–Kier alpha value is -1.45. The molecule has 4 saturated carbocycles. The van der Waals surface area contributed by atoms with Gasteiger partial charge in [-0.2, -0.15) is 0 Å². The second-order valence-corrected chi connectivity index (χ2v) is 13.5. The van der Waals surface area contributed by atoms with E-state index < -0.39 is 10.8 Å². The molecule has 0 radical (unpaired) electrons. The van der Waals surface area contributed by atoms with Gasteiger partial charge in [0, 0.05) is 23.8 Å². The maximum absolute atomic E-state index is 14.0. The van der Waals surface area contributed by atoms with Crippen LogP contribution >= 0.6 is 0 Å². The molecular weight excluding hydrogens is 412 g/mol. The van der Waals surface area contributed by atoms with Crippen molar-refractivity contribution in [2.24, 2.45) is 38.9 Å². The van der Waals surface area contributed by atoms with Crippen LogP contribution in [0.4, 0.5) is 0 Å². The molecule has 5 aliphatic carbocycles. The van der Waals surface area contributed by atoms with Crippen molar-refractivity contribution in [3.8, 4) is 0 Å². The molecule has 0 aromatic carbocycles. The Balaban J connectivity index is 1.67. The third-order valence-corrected chi connectivity index (χ3v) is 11.9. The molecule has 0 heterocycles. The van der Waals surface area contributed by atoms with Gasteiger partial charge in [0.25, 0.3) is 0 Å². The van der Waals surface area contributed by atoms with E-state index in [0.717, 1.165) is 56.9 Å². The number of hydrogen-bond acceptors (Lipinski definition) is 4. The van der Waals surface area contributed by atoms with Gasteiger partial charge < -0.3 is 4.74 Å². The minimum Gasteiger partial charge on any atom is -0.468 e. The van der Waals surface area contributed by atoms with Gasteiger partial charge in [0.15, 0.2) is 5.78 Å². The Kier molecular flexibility index (Phi) is 4.97. The van der Waals surface area contributed by atoms with Gasteiger partial charge in [0.1, 0.15) is 5.78 Å². The van der Waals surface area contributed by atoms with Gasteiger partial charge >= 0.3 is 5.97 Å². The fourth-order valence-corrected chi connectivity index (χ4v) is 9.60. The van der Waals surface area contributed by atoms with Crippen molar-refractivity contribution < 1.29 is 19.1 Å². The van der Waals surface area contributed by atoms with Crippen LogP contribution in [-0.4, -0.2) is 24.6 Å². The van der Waals surface area contributed by atoms with E-state index in [2.05, 4.69) is 20.8 Å². The highest BCUT2D eigenvalue weighted by atomic mass is 16.5. The molecule has 0 aliphatic heterocycles. The number of carbonyl (C=O) groups excluding carboxylic acids is 3. The fraction of sp³-hybridized carbons (Fsp3) is 0.828. The monoisotopic (exact) mass is 454 g/mol. The van der Waals surface area contributed by atoms with Crippen molar-refractivity contribution in [1.29, 1.82) is 0 Å². The van der Waals surface area contributed by atoms with Crippen molar-refractivity contribution in [2.75, 3.05) is 7.11 Å². The average Bonchev–Trinajstić information content (AvgIpc) is 2.75. The summed E-state index contributed by atoms with van der Waals surface area (Å²) in [6.45, 7) is 11.3. The molecule has 4 nitrogen and oxygen atoms in total. The molecule has 0 saturated heterocycles. The number of ketones is 2. The molecule has 182 valence electrons. The first-order valence-corrected chi connectivity index (χ1v) is 13.2. The maximum Gasteiger partial charge on any atom is 0.316 e. The van der Waals surface area contributed by atoms with Gasteiger partial charge in [-0.3, -0.25) is 14.4 Å². The zero-order valence-corrected chi connectivity index (χ0v) is 21.6. The van der Waals surface area contributed by atoms with Crippen LogP contribution in [0.25, 0.3) is 0 Å². The normalized spacial score (nSPS) is 46.6. The van der Waals surface area contributed by atoms with Gasteiger partial charge in [0.05, 0.1) is 12.5 Å². The molecule has 0 amide bonds. The summed E-state index contributed by atoms with van der Waals surface area (Å²) in [5, 5.41) is 0. The summed E-state index contributed by atoms with van der Waals surface area (Å²) in [7, 11) is 1.47. The Bertz CT molecular complexity index is 959. The van der Waals surface area contributed by atoms with Crippen LogP contribution in [-0.2, 0) is 19.1 Å². The Labute approximate surface area is 199 Å². The lowest BCUT2D eigenvalue weighted by Crippen LogP contribution is -2.62. The Morgan fingerprint density at radius 3 is 2.27 bits per heavy atom. The maximum atomic E-state index is 14.0. The van der Waals surface area contributed by atoms with E-state index in [1.165, 1.54) is 19.1 Å². The van der Waals surface area contributed by atoms with Gasteiger partial charge in [-0.25, -0.2) is 0 Å². The number of esters is 1. The lowest BCUT2D eigenvalue weighted by molar-refractivity contribution is -0.169. The smallest absolute Gasteiger partial charge is 0.316 e. The molecule has 0 N–H and O–H groups in total. The lowest BCUT2D eigenvalue weighted by atomic mass is 9.35. The molecule has 33 heavy (non-hydrogen) atoms. The van der Waals surface area contributed by atoms with Crippen LogP contribution in [0, 0.1) is 38.9 Å². The summed E-state index contributed by atoms with van der Waals surface area (Å²) >= 11 is 0. The Morgan fingerprint density at radius 2 is 1.58 bits per heavy atom. The summed E-state index contributed by atoms with van der Waals surface area (Å²) < 4.78 is 5.35. The van der Waals surface area contributed by atoms with E-state index in [9.17, 15) is 14.4 Å². The SMILES string of the molecule is COC(=O)C12CCC(C)(C)C(=O)C1=C1CCC3C4(C)CC(=O)CCC4CCC3(C)C1(C)CC2. The minimum atomic E-state index is -0.763. The predicted molar refractivity (Wildman–Crippen MR) is 127 cm³/mol. The number of Topliss-reactive ketones (excluding diaryl/α,β-unsaturated/α-hetero) is 2. The standard InChI is InChI=1S/C29H42O4/c1-25(2)13-15-29(24(32)33-6)16-14-27(4)20(22(29)23(25)31)9-10-21-26(3)17-19(30)8-7-18(26)11-12-28(21,27)5/h18,21H,7-17H2,1-6H3. The van der Waals surface area contributed by atoms with Crippen molar-refractivity contribution in [1.82, 2.24) is 0 Å². The van der Waals surface area contributed by atoms with Gasteiger partial charge in [-0.1, -0.05) is 40.2 Å². The first-order chi connectivity index (χ1) is 15.4. The average molecular weight is 455 g/mol. The van der Waals surface area contributed by atoms with Crippen LogP contribution in [0.3, 0.4) is 0 Å². The molecule has 0 bridgehead atoms. The summed E-state index contributed by atoms with van der Waals surface area (Å²) in [5.41, 5.74) is 0.886. The van der Waals surface area contributed by atoms with E-state index >= 15 is 0 Å². The summed E-state index contributed by atoms with van der Waals surface area (Å²) in [4.78, 5) is 39.9. The molecule has 6 atom stereocenters. The highest BCUT2D eigenvalue weighted by Crippen LogP contribution is 2.73. The quantitative estimate of drug-likeness (QED) is 0.442. The zero-order chi connectivity index (χ0) is 24.0. The van der Waals surface area contributed by atoms with Crippen molar-refractivity contribution >= 4 is 17.5 Å². The molecule has 0 aromatic rings. The van der Waals surface area contributed by atoms with Crippen LogP contribution in [0.2, 0.25) is 0 Å². The molecule has 4 heteroatoms. The van der Waals surface area contributed by atoms with Crippen molar-refractivity contribution in [3.63, 3.8) is 0 Å². The molecule has 0 aromatic heterocycles. The summed E-state index contributed by atoms with van der Waals surface area (Å²) in [6.07, 6.45) is 9.83. The second kappa shape index (κ2) is 7.04. The third-order valence-electron chi connectivity index (χ3n) is 11.9. The molecule has 5 rings (SSSR count). The van der Waals surface area contributed by atoms with Crippen LogP contribution < -0.4 is 0 Å². The number of methoxy groups -OCH3 is 1. The Morgan fingerprint density at radius 1 is 0.879 bits per heavy atom. The van der Waals surface area contributed by atoms with E-state index in [0.29, 0.717) is 30.5 Å². The summed E-state index contributed by atoms with van der Waals surface area (Å²) in [6, 6.07) is 0. The van der Waals surface area contributed by atoms with Crippen molar-refractivity contribution in [3.05, 3.63) is 11.1 Å². The number of carbonyl (C=O) groups is 3. The summed E-state index contributed by atoms with van der Waals surface area (Å²) in [5.74, 6) is 1.52. The van der Waals surface area contributed by atoms with E-state index in [1.54, 1.807) is 0 Å². The molecule has 5 aliphatic rings. The molecular formula is C29H42O4. The van der Waals surface area contributed by atoms with Crippen molar-refractivity contribution in [2.45, 2.75) is 105 Å². The molecule has 0 spiro atoms. The number of allylic oxidation sites excluding steroid dienone is 1. The van der Waals surface area contributed by atoms with Gasteiger partial charge in [-0.05, 0) is 85.9 Å². The fourth-order valence-electron chi connectivity index (χ4n) is 9.60. The first kappa shape index (κ1) is 23.3. The second-order valence-electron chi connectivity index (χ2n) is 13.5. The zero-order valence-electron chi connectivity index (χ0n) is 21.6. The first-order valence-electron chi connectivity index (χ1n) is 13.2. The number of rotatable bonds is 1. The number of fused-ring (bicyclic) bond motifs is 6. The lowest BCUT2D eigenvalue weighted by Gasteiger charge is -2.68. The van der Waals surface area contributed by atoms with Gasteiger partial charge in [-0.15, -0.1) is 0 Å². The largest absolute Gasteiger partial charge is 0.468 e. The van der Waals surface area contributed by atoms with Crippen LogP contribution in [0.15, 0.2) is 11.1 Å². The van der Waals surface area contributed by atoms with E-state index in [4.69, 9.17) is 4.74 Å². The minimum absolute atomic E-state index is 0.0423. The third kappa shape index (κ3) is 2.79. The van der Waals surface area contributed by atoms with Crippen LogP contribution in [0.5, 0.6) is 0 Å². The topological polar surface area (TPSA) is 60.4 Å². The van der Waals surface area contributed by atoms with Crippen LogP contribution in [0.1, 0.15) is 105 Å². The van der Waals surface area contributed by atoms with Gasteiger partial charge in [0.2, 0.25) is 0 Å². The van der Waals surface area contributed by atoms with E-state index in [1.807, 2.05) is 13.8 Å².